The maximum Gasteiger partial charge on any atom is 0.573 e. The van der Waals surface area contributed by atoms with Gasteiger partial charge in [0.2, 0.25) is 0 Å². The van der Waals surface area contributed by atoms with Crippen molar-refractivity contribution < 1.29 is 39.8 Å². The summed E-state index contributed by atoms with van der Waals surface area (Å²) >= 11 is 0. The third kappa shape index (κ3) is 4.71. The van der Waals surface area contributed by atoms with Crippen molar-refractivity contribution in [2.24, 2.45) is 0 Å². The SMILES string of the molecule is O=S(=O)(Cl)c1cccc(OC(F)F)c1OC(F)(F)F. The van der Waals surface area contributed by atoms with Gasteiger partial charge in [-0.05, 0) is 12.1 Å². The van der Waals surface area contributed by atoms with Crippen molar-refractivity contribution in [1.82, 2.24) is 0 Å². The summed E-state index contributed by atoms with van der Waals surface area (Å²) in [5.41, 5.74) is 0. The highest BCUT2D eigenvalue weighted by Crippen LogP contribution is 2.39. The topological polar surface area (TPSA) is 52.6 Å². The molecule has 0 fully saturated rings. The molecule has 0 amide bonds. The molecule has 0 bridgehead atoms. The van der Waals surface area contributed by atoms with Gasteiger partial charge in [-0.15, -0.1) is 13.2 Å². The number of para-hydroxylation sites is 1. The first-order valence-electron chi connectivity index (χ1n) is 4.29. The fraction of sp³-hybridized carbons (Fsp3) is 0.250. The average Bonchev–Trinajstić information content (AvgIpc) is 2.15. The molecular formula is C8H4ClF5O4S. The summed E-state index contributed by atoms with van der Waals surface area (Å²) in [7, 11) is 0.241. The normalized spacial score (nSPS) is 12.6. The molecule has 0 unspecified atom stereocenters. The van der Waals surface area contributed by atoms with E-state index in [1.165, 1.54) is 0 Å². The predicted octanol–water partition coefficient (Wildman–Crippen LogP) is 3.11. The minimum Gasteiger partial charge on any atom is -0.431 e. The summed E-state index contributed by atoms with van der Waals surface area (Å²) in [5, 5.41) is 0. The van der Waals surface area contributed by atoms with E-state index in [9.17, 15) is 30.4 Å². The summed E-state index contributed by atoms with van der Waals surface area (Å²) in [4.78, 5) is -1.13. The lowest BCUT2D eigenvalue weighted by molar-refractivity contribution is -0.276. The van der Waals surface area contributed by atoms with Gasteiger partial charge in [0.1, 0.15) is 4.90 Å². The van der Waals surface area contributed by atoms with Gasteiger partial charge in [-0.3, -0.25) is 0 Å². The minimum absolute atomic E-state index is 0.655. The average molecular weight is 327 g/mol. The summed E-state index contributed by atoms with van der Waals surface area (Å²) in [6, 6.07) is 2.21. The van der Waals surface area contributed by atoms with Gasteiger partial charge in [-0.1, -0.05) is 6.07 Å². The molecule has 0 heterocycles. The lowest BCUT2D eigenvalue weighted by Crippen LogP contribution is -2.19. The Bertz CT molecular complexity index is 557. The van der Waals surface area contributed by atoms with Crippen molar-refractivity contribution >= 4 is 19.7 Å². The molecule has 108 valence electrons. The predicted molar refractivity (Wildman–Crippen MR) is 52.8 cm³/mol. The maximum absolute atomic E-state index is 12.1. The highest BCUT2D eigenvalue weighted by atomic mass is 35.7. The highest BCUT2D eigenvalue weighted by Gasteiger charge is 2.36. The Kier molecular flexibility index (Phi) is 4.46. The molecule has 0 saturated heterocycles. The number of hydrogen-bond acceptors (Lipinski definition) is 4. The number of halogens is 6. The van der Waals surface area contributed by atoms with Crippen LogP contribution in [0.4, 0.5) is 22.0 Å². The third-order valence-corrected chi connectivity index (χ3v) is 2.98. The summed E-state index contributed by atoms with van der Waals surface area (Å²) in [6.45, 7) is -3.47. The van der Waals surface area contributed by atoms with E-state index in [2.05, 4.69) is 9.47 Å². The van der Waals surface area contributed by atoms with Crippen LogP contribution in [0.1, 0.15) is 0 Å². The number of benzene rings is 1. The zero-order chi connectivity index (χ0) is 14.8. The van der Waals surface area contributed by atoms with Gasteiger partial charge in [0, 0.05) is 10.7 Å². The maximum atomic E-state index is 12.1. The Hall–Kier alpha value is -1.29. The Labute approximate surface area is 108 Å². The highest BCUT2D eigenvalue weighted by molar-refractivity contribution is 8.13. The van der Waals surface area contributed by atoms with E-state index >= 15 is 0 Å². The van der Waals surface area contributed by atoms with Gasteiger partial charge in [-0.25, -0.2) is 8.42 Å². The summed E-state index contributed by atoms with van der Waals surface area (Å²) < 4.78 is 89.6. The van der Waals surface area contributed by atoms with Gasteiger partial charge >= 0.3 is 13.0 Å². The molecule has 4 nitrogen and oxygen atoms in total. The van der Waals surface area contributed by atoms with Crippen molar-refractivity contribution in [1.29, 1.82) is 0 Å². The van der Waals surface area contributed by atoms with Crippen LogP contribution >= 0.6 is 10.7 Å². The fourth-order valence-corrected chi connectivity index (χ4v) is 2.06. The van der Waals surface area contributed by atoms with Crippen molar-refractivity contribution in [2.75, 3.05) is 0 Å². The molecule has 19 heavy (non-hydrogen) atoms. The zero-order valence-electron chi connectivity index (χ0n) is 8.62. The monoisotopic (exact) mass is 326 g/mol. The van der Waals surface area contributed by atoms with Crippen LogP contribution in [0, 0.1) is 0 Å². The Morgan fingerprint density at radius 2 is 1.79 bits per heavy atom. The Balaban J connectivity index is 3.41. The van der Waals surface area contributed by atoms with E-state index in [-0.39, 0.29) is 0 Å². The van der Waals surface area contributed by atoms with Crippen LogP contribution in [0.5, 0.6) is 11.5 Å². The van der Waals surface area contributed by atoms with Gasteiger partial charge in [0.15, 0.2) is 11.5 Å². The van der Waals surface area contributed by atoms with Crippen molar-refractivity contribution in [3.8, 4) is 11.5 Å². The minimum atomic E-state index is -5.31. The number of rotatable bonds is 4. The van der Waals surface area contributed by atoms with Crippen LogP contribution in [0.25, 0.3) is 0 Å². The fourth-order valence-electron chi connectivity index (χ4n) is 1.09. The second-order valence-corrected chi connectivity index (χ2v) is 5.48. The van der Waals surface area contributed by atoms with E-state index in [1.54, 1.807) is 0 Å². The van der Waals surface area contributed by atoms with Crippen LogP contribution in [0.15, 0.2) is 23.1 Å². The lowest BCUT2D eigenvalue weighted by atomic mass is 10.3. The first kappa shape index (κ1) is 15.8. The van der Waals surface area contributed by atoms with Crippen molar-refractivity contribution in [3.63, 3.8) is 0 Å². The van der Waals surface area contributed by atoms with Crippen molar-refractivity contribution in [2.45, 2.75) is 17.9 Å². The van der Waals surface area contributed by atoms with Crippen LogP contribution in [-0.4, -0.2) is 21.4 Å². The standard InChI is InChI=1S/C8H4ClF5O4S/c9-19(15,16)5-3-1-2-4(17-7(10)11)6(5)18-8(12,13)14/h1-3,7H. The van der Waals surface area contributed by atoms with Crippen LogP contribution < -0.4 is 9.47 Å². The van der Waals surface area contributed by atoms with Gasteiger partial charge in [-0.2, -0.15) is 8.78 Å². The first-order valence-corrected chi connectivity index (χ1v) is 6.60. The summed E-state index contributed by atoms with van der Waals surface area (Å²) in [6.07, 6.45) is -5.31. The molecule has 0 atom stereocenters. The molecule has 1 rings (SSSR count). The molecular weight excluding hydrogens is 323 g/mol. The first-order chi connectivity index (χ1) is 8.50. The molecule has 11 heteroatoms. The molecule has 0 saturated carbocycles. The quantitative estimate of drug-likeness (QED) is 0.630. The third-order valence-electron chi connectivity index (χ3n) is 1.64. The largest absolute Gasteiger partial charge is 0.573 e. The van der Waals surface area contributed by atoms with Crippen LogP contribution in [-0.2, 0) is 9.05 Å². The molecule has 0 N–H and O–H groups in total. The van der Waals surface area contributed by atoms with E-state index in [1.807, 2.05) is 0 Å². The lowest BCUT2D eigenvalue weighted by Gasteiger charge is -2.15. The van der Waals surface area contributed by atoms with Crippen LogP contribution in [0.3, 0.4) is 0 Å². The number of ether oxygens (including phenoxy) is 2. The smallest absolute Gasteiger partial charge is 0.431 e. The summed E-state index contributed by atoms with van der Waals surface area (Å²) in [5.74, 6) is -2.56. The van der Waals surface area contributed by atoms with E-state index in [0.717, 1.165) is 6.07 Å². The van der Waals surface area contributed by atoms with E-state index < -0.39 is 38.4 Å². The number of alkyl halides is 5. The zero-order valence-corrected chi connectivity index (χ0v) is 10.2. The van der Waals surface area contributed by atoms with Gasteiger partial charge in [0.25, 0.3) is 9.05 Å². The van der Waals surface area contributed by atoms with E-state index in [4.69, 9.17) is 10.7 Å². The molecule has 1 aromatic carbocycles. The second-order valence-electron chi connectivity index (χ2n) is 2.95. The molecule has 0 aliphatic carbocycles. The Morgan fingerprint density at radius 1 is 1.21 bits per heavy atom. The van der Waals surface area contributed by atoms with Crippen LogP contribution in [0.2, 0.25) is 0 Å². The molecule has 0 spiro atoms. The Morgan fingerprint density at radius 3 is 2.21 bits per heavy atom. The number of hydrogen-bond donors (Lipinski definition) is 0. The molecule has 1 aromatic rings. The van der Waals surface area contributed by atoms with Gasteiger partial charge < -0.3 is 9.47 Å². The van der Waals surface area contributed by atoms with Gasteiger partial charge in [0.05, 0.1) is 0 Å². The molecule has 0 aliphatic heterocycles. The molecule has 0 radical (unpaired) electrons. The molecule has 0 aliphatic rings. The van der Waals surface area contributed by atoms with Crippen molar-refractivity contribution in [3.05, 3.63) is 18.2 Å². The second kappa shape index (κ2) is 5.37. The van der Waals surface area contributed by atoms with E-state index in [0.29, 0.717) is 12.1 Å². The molecule has 0 aromatic heterocycles.